The lowest BCUT2D eigenvalue weighted by molar-refractivity contribution is -0.216. The molecule has 0 radical (unpaired) electrons. The van der Waals surface area contributed by atoms with Crippen LogP contribution >= 0.6 is 0 Å². The molecule has 7 nitrogen and oxygen atoms in total. The Kier molecular flexibility index (Phi) is 6.42. The van der Waals surface area contributed by atoms with Gasteiger partial charge in [0, 0.05) is 26.3 Å². The third kappa shape index (κ3) is 4.24. The van der Waals surface area contributed by atoms with Gasteiger partial charge in [-0.1, -0.05) is 6.07 Å². The van der Waals surface area contributed by atoms with Crippen LogP contribution in [0, 0.1) is 0 Å². The van der Waals surface area contributed by atoms with Gasteiger partial charge in [0.1, 0.15) is 6.10 Å². The van der Waals surface area contributed by atoms with Gasteiger partial charge in [-0.15, -0.1) is 0 Å². The summed E-state index contributed by atoms with van der Waals surface area (Å²) in [6, 6.07) is 4.90. The molecule has 0 aromatic heterocycles. The van der Waals surface area contributed by atoms with Crippen LogP contribution in [0.3, 0.4) is 0 Å². The van der Waals surface area contributed by atoms with Gasteiger partial charge in [-0.05, 0) is 42.8 Å². The van der Waals surface area contributed by atoms with Gasteiger partial charge < -0.3 is 29.3 Å². The monoisotopic (exact) mass is 363 g/mol. The maximum Gasteiger partial charge on any atom is 0.224 e. The summed E-state index contributed by atoms with van der Waals surface area (Å²) < 4.78 is 15.8. The molecule has 2 unspecified atom stereocenters. The van der Waals surface area contributed by atoms with Gasteiger partial charge >= 0.3 is 0 Å². The summed E-state index contributed by atoms with van der Waals surface area (Å²) in [5.41, 5.74) is 1.37. The number of hydrogen-bond acceptors (Lipinski definition) is 6. The lowest BCUT2D eigenvalue weighted by Gasteiger charge is -2.35. The number of nitrogens with zero attached hydrogens (tertiary/aromatic N) is 1. The van der Waals surface area contributed by atoms with Crippen LogP contribution in [0.1, 0.15) is 19.4 Å². The highest BCUT2D eigenvalue weighted by atomic mass is 16.6. The van der Waals surface area contributed by atoms with Crippen molar-refractivity contribution in [3.8, 4) is 11.5 Å². The molecule has 0 spiro atoms. The van der Waals surface area contributed by atoms with Crippen LogP contribution in [0.2, 0.25) is 0 Å². The highest BCUT2D eigenvalue weighted by Crippen LogP contribution is 2.30. The van der Waals surface area contributed by atoms with E-state index >= 15 is 0 Å². The second-order valence-corrected chi connectivity index (χ2v) is 5.88. The number of phenolic OH excluding ortho intramolecular Hbond substituents is 1. The van der Waals surface area contributed by atoms with Crippen molar-refractivity contribution in [3.63, 3.8) is 0 Å². The normalized spacial score (nSPS) is 22.0. The second-order valence-electron chi connectivity index (χ2n) is 5.88. The Hall–Kier alpha value is -2.35. The molecule has 0 saturated heterocycles. The zero-order valence-corrected chi connectivity index (χ0v) is 15.4. The molecule has 0 bridgehead atoms. The van der Waals surface area contributed by atoms with Crippen LogP contribution < -0.4 is 4.74 Å². The first-order valence-electron chi connectivity index (χ1n) is 8.28. The molecule has 2 N–H and O–H groups in total. The molecule has 1 amide bonds. The molecule has 1 aliphatic rings. The summed E-state index contributed by atoms with van der Waals surface area (Å²) in [7, 11) is 2.93. The molecule has 0 aliphatic heterocycles. The van der Waals surface area contributed by atoms with E-state index in [1.54, 1.807) is 36.1 Å². The number of ether oxygens (including phenoxy) is 3. The number of rotatable bonds is 7. The van der Waals surface area contributed by atoms with E-state index in [2.05, 4.69) is 0 Å². The molecule has 0 heterocycles. The number of carbonyl (C=O) groups is 1. The molecule has 2 rings (SSSR count). The summed E-state index contributed by atoms with van der Waals surface area (Å²) in [6.07, 6.45) is 4.00. The van der Waals surface area contributed by atoms with Crippen LogP contribution in [0.4, 0.5) is 0 Å². The molecular formula is C19H25NO6. The van der Waals surface area contributed by atoms with E-state index in [4.69, 9.17) is 14.2 Å². The van der Waals surface area contributed by atoms with E-state index in [1.807, 2.05) is 0 Å². The fourth-order valence-electron chi connectivity index (χ4n) is 2.80. The number of carbonyl (C=O) groups excluding carboxylic acids is 1. The van der Waals surface area contributed by atoms with Crippen LogP contribution in [0.25, 0.3) is 0 Å². The van der Waals surface area contributed by atoms with E-state index in [1.165, 1.54) is 33.3 Å². The Morgan fingerprint density at radius 1 is 1.35 bits per heavy atom. The molecule has 1 aliphatic carbocycles. The van der Waals surface area contributed by atoms with E-state index in [9.17, 15) is 15.0 Å². The zero-order chi connectivity index (χ0) is 19.3. The maximum absolute atomic E-state index is 12.2. The minimum atomic E-state index is -1.57. The number of hydrogen-bond donors (Lipinski definition) is 2. The van der Waals surface area contributed by atoms with Crippen LogP contribution in [0.5, 0.6) is 11.5 Å². The predicted octanol–water partition coefficient (Wildman–Crippen LogP) is 1.94. The van der Waals surface area contributed by atoms with E-state index in [0.29, 0.717) is 18.1 Å². The standard InChI is InChI=1S/C19H25NO6/c1-5-26-19(23)9-8-15(11-18(19)25-4)20(13(2)21)12-14-6-7-16(22)17(10-14)24-3/h6-11,18,22-23H,5,12H2,1-4H3. The van der Waals surface area contributed by atoms with Crippen molar-refractivity contribution in [1.29, 1.82) is 0 Å². The molecule has 1 aromatic carbocycles. The molecule has 2 atom stereocenters. The summed E-state index contributed by atoms with van der Waals surface area (Å²) >= 11 is 0. The topological polar surface area (TPSA) is 88.5 Å². The lowest BCUT2D eigenvalue weighted by atomic mass is 10.0. The third-order valence-corrected chi connectivity index (χ3v) is 4.13. The van der Waals surface area contributed by atoms with Crippen molar-refractivity contribution in [1.82, 2.24) is 4.90 Å². The fraction of sp³-hybridized carbons (Fsp3) is 0.421. The predicted molar refractivity (Wildman–Crippen MR) is 95.5 cm³/mol. The number of amides is 1. The van der Waals surface area contributed by atoms with Crippen molar-refractivity contribution in [2.75, 3.05) is 20.8 Å². The van der Waals surface area contributed by atoms with E-state index in [-0.39, 0.29) is 18.2 Å². The number of benzene rings is 1. The largest absolute Gasteiger partial charge is 0.504 e. The SMILES string of the molecule is CCOC1(O)C=CC(N(Cc2ccc(O)c(OC)c2)C(C)=O)=CC1OC. The molecule has 0 fully saturated rings. The highest BCUT2D eigenvalue weighted by Gasteiger charge is 2.37. The molecule has 1 aromatic rings. The van der Waals surface area contributed by atoms with Gasteiger partial charge in [-0.2, -0.15) is 0 Å². The molecule has 26 heavy (non-hydrogen) atoms. The zero-order valence-electron chi connectivity index (χ0n) is 15.4. The number of aliphatic hydroxyl groups is 1. The molecular weight excluding hydrogens is 338 g/mol. The quantitative estimate of drug-likeness (QED) is 0.720. The Bertz CT molecular complexity index is 714. The lowest BCUT2D eigenvalue weighted by Crippen LogP contribution is -2.46. The van der Waals surface area contributed by atoms with Gasteiger partial charge in [0.05, 0.1) is 13.7 Å². The first-order chi connectivity index (χ1) is 12.3. The van der Waals surface area contributed by atoms with Crippen LogP contribution in [-0.4, -0.2) is 53.7 Å². The van der Waals surface area contributed by atoms with E-state index in [0.717, 1.165) is 5.56 Å². The van der Waals surface area contributed by atoms with Gasteiger partial charge in [-0.3, -0.25) is 4.79 Å². The first-order valence-corrected chi connectivity index (χ1v) is 8.28. The van der Waals surface area contributed by atoms with Crippen molar-refractivity contribution in [2.24, 2.45) is 0 Å². The van der Waals surface area contributed by atoms with Gasteiger partial charge in [-0.25, -0.2) is 0 Å². The summed E-state index contributed by atoms with van der Waals surface area (Å²) in [5, 5.41) is 20.2. The van der Waals surface area contributed by atoms with Crippen molar-refractivity contribution in [2.45, 2.75) is 32.3 Å². The molecule has 142 valence electrons. The van der Waals surface area contributed by atoms with E-state index < -0.39 is 11.9 Å². The number of phenols is 1. The van der Waals surface area contributed by atoms with Gasteiger partial charge in [0.2, 0.25) is 11.7 Å². The number of methoxy groups -OCH3 is 2. The smallest absolute Gasteiger partial charge is 0.224 e. The molecule has 0 saturated carbocycles. The Balaban J connectivity index is 2.29. The minimum absolute atomic E-state index is 0.0311. The Morgan fingerprint density at radius 2 is 2.08 bits per heavy atom. The number of allylic oxidation sites excluding steroid dienone is 1. The third-order valence-electron chi connectivity index (χ3n) is 4.13. The summed E-state index contributed by atoms with van der Waals surface area (Å²) in [5.74, 6) is -1.38. The Labute approximate surface area is 153 Å². The fourth-order valence-corrected chi connectivity index (χ4v) is 2.80. The number of aromatic hydroxyl groups is 1. The van der Waals surface area contributed by atoms with Crippen molar-refractivity contribution >= 4 is 5.91 Å². The van der Waals surface area contributed by atoms with Crippen LogP contribution in [-0.2, 0) is 20.8 Å². The van der Waals surface area contributed by atoms with Gasteiger partial charge in [0.25, 0.3) is 0 Å². The average molecular weight is 363 g/mol. The first kappa shape index (κ1) is 20.0. The minimum Gasteiger partial charge on any atom is -0.504 e. The van der Waals surface area contributed by atoms with Crippen molar-refractivity contribution < 1.29 is 29.2 Å². The Morgan fingerprint density at radius 3 is 2.65 bits per heavy atom. The highest BCUT2D eigenvalue weighted by molar-refractivity contribution is 5.76. The average Bonchev–Trinajstić information content (AvgIpc) is 2.61. The van der Waals surface area contributed by atoms with Gasteiger partial charge in [0.15, 0.2) is 11.5 Å². The molecule has 7 heteroatoms. The second kappa shape index (κ2) is 8.35. The van der Waals surface area contributed by atoms with Crippen molar-refractivity contribution in [3.05, 3.63) is 47.7 Å². The summed E-state index contributed by atoms with van der Waals surface area (Å²) in [6.45, 7) is 3.81. The van der Waals surface area contributed by atoms with Crippen LogP contribution in [0.15, 0.2) is 42.1 Å². The maximum atomic E-state index is 12.2. The summed E-state index contributed by atoms with van der Waals surface area (Å²) in [4.78, 5) is 13.7.